The molecule has 1 aliphatic heterocycles. The standard InChI is InChI=1S/C21H21NO6/c1-14(22-20(24)15-6-3-2-4-7-15)21(25)28-13-17(23)16-8-9-18-19(12-16)27-11-5-10-26-18/h2-4,6-9,12,14H,5,10-11,13H2,1H3,(H,22,24)/t14-/m0/s1. The van der Waals surface area contributed by atoms with Gasteiger partial charge in [0.2, 0.25) is 0 Å². The van der Waals surface area contributed by atoms with Gasteiger partial charge >= 0.3 is 5.97 Å². The molecule has 0 radical (unpaired) electrons. The second-order valence-electron chi connectivity index (χ2n) is 6.30. The molecule has 1 atom stereocenters. The maximum absolute atomic E-state index is 12.3. The SMILES string of the molecule is C[C@H](NC(=O)c1ccccc1)C(=O)OCC(=O)c1ccc2c(c1)OCCCO2. The van der Waals surface area contributed by atoms with Gasteiger partial charge in [-0.2, -0.15) is 0 Å². The van der Waals surface area contributed by atoms with Crippen LogP contribution >= 0.6 is 0 Å². The summed E-state index contributed by atoms with van der Waals surface area (Å²) in [6.45, 7) is 2.15. The molecule has 1 heterocycles. The summed E-state index contributed by atoms with van der Waals surface area (Å²) in [5.41, 5.74) is 0.795. The number of benzene rings is 2. The lowest BCUT2D eigenvalue weighted by molar-refractivity contribution is -0.144. The predicted molar refractivity (Wildman–Crippen MR) is 101 cm³/mol. The number of Topliss-reactive ketones (excluding diaryl/α,β-unsaturated/α-hetero) is 1. The largest absolute Gasteiger partial charge is 0.490 e. The first-order valence-corrected chi connectivity index (χ1v) is 9.00. The van der Waals surface area contributed by atoms with Crippen LogP contribution in [0.1, 0.15) is 34.1 Å². The van der Waals surface area contributed by atoms with Crippen molar-refractivity contribution in [3.63, 3.8) is 0 Å². The van der Waals surface area contributed by atoms with Gasteiger partial charge in [0, 0.05) is 17.5 Å². The summed E-state index contributed by atoms with van der Waals surface area (Å²) in [4.78, 5) is 36.5. The minimum Gasteiger partial charge on any atom is -0.490 e. The third-order valence-electron chi connectivity index (χ3n) is 4.15. The first-order valence-electron chi connectivity index (χ1n) is 9.00. The molecule has 0 aromatic heterocycles. The zero-order valence-corrected chi connectivity index (χ0v) is 15.5. The van der Waals surface area contributed by atoms with E-state index in [0.717, 1.165) is 6.42 Å². The van der Waals surface area contributed by atoms with Crippen molar-refractivity contribution in [2.45, 2.75) is 19.4 Å². The number of fused-ring (bicyclic) bond motifs is 1. The van der Waals surface area contributed by atoms with E-state index in [1.165, 1.54) is 6.92 Å². The van der Waals surface area contributed by atoms with Crippen LogP contribution in [-0.4, -0.2) is 43.5 Å². The van der Waals surface area contributed by atoms with Gasteiger partial charge in [0.15, 0.2) is 23.9 Å². The number of carbonyl (C=O) groups is 3. The molecule has 0 saturated heterocycles. The highest BCUT2D eigenvalue weighted by Gasteiger charge is 2.20. The van der Waals surface area contributed by atoms with Gasteiger partial charge < -0.3 is 19.5 Å². The molecule has 2 aromatic carbocycles. The Hall–Kier alpha value is -3.35. The number of hydrogen-bond acceptors (Lipinski definition) is 6. The van der Waals surface area contributed by atoms with Gasteiger partial charge in [-0.25, -0.2) is 4.79 Å². The van der Waals surface area contributed by atoms with Crippen molar-refractivity contribution in [3.8, 4) is 11.5 Å². The lowest BCUT2D eigenvalue weighted by atomic mass is 10.1. The van der Waals surface area contributed by atoms with Gasteiger partial charge in [0.05, 0.1) is 13.2 Å². The molecule has 1 N–H and O–H groups in total. The number of amides is 1. The summed E-state index contributed by atoms with van der Waals surface area (Å²) < 4.78 is 16.1. The average Bonchev–Trinajstić information content (AvgIpc) is 2.97. The molecule has 7 heteroatoms. The van der Waals surface area contributed by atoms with Crippen LogP contribution in [-0.2, 0) is 9.53 Å². The van der Waals surface area contributed by atoms with Crippen LogP contribution in [0.25, 0.3) is 0 Å². The minimum atomic E-state index is -0.885. The number of rotatable bonds is 6. The number of carbonyl (C=O) groups excluding carboxylic acids is 3. The second-order valence-corrected chi connectivity index (χ2v) is 6.30. The molecule has 1 amide bonds. The fraction of sp³-hybridized carbons (Fsp3) is 0.286. The van der Waals surface area contributed by atoms with Gasteiger partial charge in [0.1, 0.15) is 6.04 Å². The highest BCUT2D eigenvalue weighted by atomic mass is 16.5. The fourth-order valence-electron chi connectivity index (χ4n) is 2.61. The van der Waals surface area contributed by atoms with Crippen molar-refractivity contribution in [3.05, 3.63) is 59.7 Å². The first-order chi connectivity index (χ1) is 13.5. The van der Waals surface area contributed by atoms with E-state index in [1.807, 2.05) is 0 Å². The Morgan fingerprint density at radius 3 is 2.46 bits per heavy atom. The van der Waals surface area contributed by atoms with Gasteiger partial charge in [-0.15, -0.1) is 0 Å². The van der Waals surface area contributed by atoms with Gasteiger partial charge in [0.25, 0.3) is 5.91 Å². The quantitative estimate of drug-likeness (QED) is 0.608. The molecule has 0 spiro atoms. The van der Waals surface area contributed by atoms with Crippen LogP contribution < -0.4 is 14.8 Å². The topological polar surface area (TPSA) is 90.9 Å². The Labute approximate surface area is 162 Å². The lowest BCUT2D eigenvalue weighted by Gasteiger charge is -2.13. The molecule has 28 heavy (non-hydrogen) atoms. The van der Waals surface area contributed by atoms with Gasteiger partial charge in [-0.3, -0.25) is 9.59 Å². The Bertz CT molecular complexity index is 864. The van der Waals surface area contributed by atoms with Crippen LogP contribution in [0.4, 0.5) is 0 Å². The Kier molecular flexibility index (Phi) is 6.26. The predicted octanol–water partition coefficient (Wildman–Crippen LogP) is 2.39. The molecule has 1 aliphatic rings. The van der Waals surface area contributed by atoms with Crippen molar-refractivity contribution >= 4 is 17.7 Å². The van der Waals surface area contributed by atoms with Gasteiger partial charge in [-0.1, -0.05) is 18.2 Å². The van der Waals surface area contributed by atoms with E-state index in [4.69, 9.17) is 14.2 Å². The van der Waals surface area contributed by atoms with E-state index in [9.17, 15) is 14.4 Å². The molecular weight excluding hydrogens is 362 g/mol. The van der Waals surface area contributed by atoms with Crippen molar-refractivity contribution < 1.29 is 28.6 Å². The summed E-state index contributed by atoms with van der Waals surface area (Å²) in [7, 11) is 0. The van der Waals surface area contributed by atoms with Crippen LogP contribution in [0.3, 0.4) is 0 Å². The summed E-state index contributed by atoms with van der Waals surface area (Å²) >= 11 is 0. The first kappa shape index (κ1) is 19.4. The number of esters is 1. The van der Waals surface area contributed by atoms with E-state index >= 15 is 0 Å². The van der Waals surface area contributed by atoms with Crippen LogP contribution in [0.2, 0.25) is 0 Å². The second kappa shape index (κ2) is 9.03. The maximum Gasteiger partial charge on any atom is 0.328 e. The maximum atomic E-state index is 12.3. The number of ketones is 1. The molecule has 2 aromatic rings. The molecule has 3 rings (SSSR count). The molecule has 0 aliphatic carbocycles. The van der Waals surface area contributed by atoms with Gasteiger partial charge in [-0.05, 0) is 37.3 Å². The Morgan fingerprint density at radius 1 is 1.00 bits per heavy atom. The van der Waals surface area contributed by atoms with Crippen molar-refractivity contribution in [2.75, 3.05) is 19.8 Å². The number of ether oxygens (including phenoxy) is 3. The van der Waals surface area contributed by atoms with Crippen molar-refractivity contribution in [2.24, 2.45) is 0 Å². The Balaban J connectivity index is 1.53. The van der Waals surface area contributed by atoms with E-state index in [1.54, 1.807) is 48.5 Å². The highest BCUT2D eigenvalue weighted by Crippen LogP contribution is 2.30. The summed E-state index contributed by atoms with van der Waals surface area (Å²) in [6.07, 6.45) is 0.766. The summed E-state index contributed by atoms with van der Waals surface area (Å²) in [6, 6.07) is 12.5. The molecule has 0 unspecified atom stereocenters. The van der Waals surface area contributed by atoms with E-state index in [-0.39, 0.29) is 11.7 Å². The van der Waals surface area contributed by atoms with E-state index in [0.29, 0.717) is 35.8 Å². The van der Waals surface area contributed by atoms with Crippen LogP contribution in [0.15, 0.2) is 48.5 Å². The molecular formula is C21H21NO6. The normalized spacial score (nSPS) is 13.8. The van der Waals surface area contributed by atoms with Crippen molar-refractivity contribution in [1.82, 2.24) is 5.32 Å². The van der Waals surface area contributed by atoms with E-state index < -0.39 is 18.6 Å². The van der Waals surface area contributed by atoms with Crippen molar-refractivity contribution in [1.29, 1.82) is 0 Å². The smallest absolute Gasteiger partial charge is 0.328 e. The molecule has 146 valence electrons. The summed E-state index contributed by atoms with van der Waals surface area (Å²) in [5, 5.41) is 2.55. The fourth-order valence-corrected chi connectivity index (χ4v) is 2.61. The number of hydrogen-bond donors (Lipinski definition) is 1. The lowest BCUT2D eigenvalue weighted by Crippen LogP contribution is -2.40. The third kappa shape index (κ3) is 4.88. The Morgan fingerprint density at radius 2 is 1.71 bits per heavy atom. The van der Waals surface area contributed by atoms with Crippen LogP contribution in [0, 0.1) is 0 Å². The molecule has 0 saturated carbocycles. The molecule has 0 fully saturated rings. The minimum absolute atomic E-state index is 0.359. The monoisotopic (exact) mass is 383 g/mol. The zero-order chi connectivity index (χ0) is 19.9. The van der Waals surface area contributed by atoms with E-state index in [2.05, 4.69) is 5.32 Å². The highest BCUT2D eigenvalue weighted by molar-refractivity contribution is 5.99. The molecule has 0 bridgehead atoms. The van der Waals surface area contributed by atoms with Crippen LogP contribution in [0.5, 0.6) is 11.5 Å². The average molecular weight is 383 g/mol. The number of nitrogens with one attached hydrogen (secondary N) is 1. The summed E-state index contributed by atoms with van der Waals surface area (Å²) in [5.74, 6) is -0.363. The molecule has 7 nitrogen and oxygen atoms in total. The third-order valence-corrected chi connectivity index (χ3v) is 4.15. The zero-order valence-electron chi connectivity index (χ0n) is 15.5.